The fourth-order valence-corrected chi connectivity index (χ4v) is 4.15. The summed E-state index contributed by atoms with van der Waals surface area (Å²) in [5.41, 5.74) is 1.84. The summed E-state index contributed by atoms with van der Waals surface area (Å²) in [5.74, 6) is -2.78. The Balaban J connectivity index is 0.000000479. The molecule has 9 nitrogen and oxygen atoms in total. The molecule has 0 aliphatic carbocycles. The van der Waals surface area contributed by atoms with Crippen molar-refractivity contribution < 1.29 is 36.3 Å². The predicted molar refractivity (Wildman–Crippen MR) is 118 cm³/mol. The van der Waals surface area contributed by atoms with Gasteiger partial charge in [0.1, 0.15) is 0 Å². The van der Waals surface area contributed by atoms with E-state index in [2.05, 4.69) is 14.9 Å². The fourth-order valence-electron chi connectivity index (χ4n) is 3.59. The number of amides is 1. The zero-order valence-corrected chi connectivity index (χ0v) is 19.1. The first-order valence-corrected chi connectivity index (χ1v) is 12.4. The van der Waals surface area contributed by atoms with Gasteiger partial charge in [0.05, 0.1) is 17.6 Å². The van der Waals surface area contributed by atoms with Crippen LogP contribution in [0.25, 0.3) is 0 Å². The van der Waals surface area contributed by atoms with E-state index in [0.717, 1.165) is 76.9 Å². The summed E-state index contributed by atoms with van der Waals surface area (Å²) in [6.45, 7) is 4.86. The Hall–Kier alpha value is -2.54. The van der Waals surface area contributed by atoms with E-state index >= 15 is 0 Å². The summed E-state index contributed by atoms with van der Waals surface area (Å²) in [5, 5.41) is 10.4. The molecule has 2 saturated heterocycles. The van der Waals surface area contributed by atoms with Crippen LogP contribution in [-0.4, -0.2) is 82.0 Å². The number of nitrogens with one attached hydrogen (secondary N) is 2. The number of carboxylic acid groups (broad SMARTS) is 1. The Morgan fingerprint density at radius 2 is 1.58 bits per heavy atom. The third-order valence-corrected chi connectivity index (χ3v) is 5.72. The first-order valence-electron chi connectivity index (χ1n) is 10.6. The van der Waals surface area contributed by atoms with Gasteiger partial charge in [-0.1, -0.05) is 12.8 Å². The minimum absolute atomic E-state index is 0.0182. The molecule has 13 heteroatoms. The van der Waals surface area contributed by atoms with E-state index in [1.807, 2.05) is 17.0 Å². The van der Waals surface area contributed by atoms with Crippen molar-refractivity contribution in [2.45, 2.75) is 31.9 Å². The molecule has 0 radical (unpaired) electrons. The molecule has 0 atom stereocenters. The summed E-state index contributed by atoms with van der Waals surface area (Å²) in [4.78, 5) is 25.8. The highest BCUT2D eigenvalue weighted by Crippen LogP contribution is 2.29. The predicted octanol–water partition coefficient (Wildman–Crippen LogP) is 2.12. The Bertz CT molecular complexity index is 926. The second kappa shape index (κ2) is 11.5. The fraction of sp³-hybridized carbons (Fsp3) is 0.600. The number of halogens is 3. The van der Waals surface area contributed by atoms with Crippen molar-refractivity contribution in [1.29, 1.82) is 0 Å². The number of benzene rings is 1. The zero-order chi connectivity index (χ0) is 24.6. The van der Waals surface area contributed by atoms with Crippen LogP contribution in [-0.2, 0) is 14.8 Å². The summed E-state index contributed by atoms with van der Waals surface area (Å²) in [6, 6.07) is 5.37. The molecule has 2 fully saturated rings. The maximum absolute atomic E-state index is 12.9. The summed E-state index contributed by atoms with van der Waals surface area (Å²) >= 11 is 0. The van der Waals surface area contributed by atoms with Crippen molar-refractivity contribution in [2.24, 2.45) is 0 Å². The standard InChI is InChI=1S/C18H28N4O3S.C2HF3O2/c1-26(24,25)20-16-14-15(18(23)22-10-4-2-3-5-11-22)6-7-17(16)21-12-8-19-9-13-21;3-2(4,5)1(6)7/h6-7,14,19-20H,2-5,8-13H2,1H3;(H,6,7). The second-order valence-corrected chi connectivity index (χ2v) is 9.60. The van der Waals surface area contributed by atoms with Crippen molar-refractivity contribution >= 4 is 33.3 Å². The third-order valence-electron chi connectivity index (χ3n) is 5.13. The van der Waals surface area contributed by atoms with Gasteiger partial charge in [0.25, 0.3) is 5.91 Å². The minimum Gasteiger partial charge on any atom is -0.475 e. The zero-order valence-electron chi connectivity index (χ0n) is 18.3. The van der Waals surface area contributed by atoms with Gasteiger partial charge in [-0.05, 0) is 31.0 Å². The molecule has 2 heterocycles. The van der Waals surface area contributed by atoms with Crippen LogP contribution >= 0.6 is 0 Å². The lowest BCUT2D eigenvalue weighted by Crippen LogP contribution is -2.43. The number of piperazine rings is 1. The molecule has 3 N–H and O–H groups in total. The van der Waals surface area contributed by atoms with Crippen LogP contribution in [0.1, 0.15) is 36.0 Å². The average Bonchev–Trinajstić information content (AvgIpc) is 3.02. The number of carboxylic acids is 1. The Labute approximate surface area is 191 Å². The molecule has 0 aromatic heterocycles. The summed E-state index contributed by atoms with van der Waals surface area (Å²) in [6.07, 6.45) is 0.426. The number of likely N-dealkylation sites (tertiary alicyclic amines) is 1. The van der Waals surface area contributed by atoms with E-state index in [9.17, 15) is 26.4 Å². The van der Waals surface area contributed by atoms with Gasteiger partial charge in [0, 0.05) is 44.8 Å². The third kappa shape index (κ3) is 8.72. The molecule has 0 unspecified atom stereocenters. The van der Waals surface area contributed by atoms with Gasteiger partial charge in [-0.15, -0.1) is 0 Å². The van der Waals surface area contributed by atoms with Crippen LogP contribution in [0.2, 0.25) is 0 Å². The molecule has 0 saturated carbocycles. The van der Waals surface area contributed by atoms with Crippen molar-refractivity contribution in [1.82, 2.24) is 10.2 Å². The second-order valence-electron chi connectivity index (χ2n) is 7.85. The lowest BCUT2D eigenvalue weighted by Gasteiger charge is -2.31. The van der Waals surface area contributed by atoms with Crippen LogP contribution in [0.5, 0.6) is 0 Å². The highest BCUT2D eigenvalue weighted by molar-refractivity contribution is 7.92. The minimum atomic E-state index is -5.08. The highest BCUT2D eigenvalue weighted by atomic mass is 32.2. The average molecular weight is 495 g/mol. The van der Waals surface area contributed by atoms with E-state index in [-0.39, 0.29) is 5.91 Å². The molecule has 1 aromatic rings. The molecule has 2 aliphatic rings. The van der Waals surface area contributed by atoms with Crippen molar-refractivity contribution in [3.8, 4) is 0 Å². The van der Waals surface area contributed by atoms with Crippen LogP contribution in [0.4, 0.5) is 24.5 Å². The monoisotopic (exact) mass is 494 g/mol. The first-order chi connectivity index (χ1) is 15.4. The topological polar surface area (TPSA) is 119 Å². The molecular formula is C20H29F3N4O5S. The maximum Gasteiger partial charge on any atom is 0.490 e. The highest BCUT2D eigenvalue weighted by Gasteiger charge is 2.38. The molecule has 186 valence electrons. The number of rotatable bonds is 4. The van der Waals surface area contributed by atoms with E-state index in [1.54, 1.807) is 6.07 Å². The Morgan fingerprint density at radius 3 is 2.06 bits per heavy atom. The molecule has 0 spiro atoms. The maximum atomic E-state index is 12.9. The number of hydrogen-bond acceptors (Lipinski definition) is 6. The number of aliphatic carboxylic acids is 1. The molecule has 3 rings (SSSR count). The van der Waals surface area contributed by atoms with Crippen LogP contribution in [0, 0.1) is 0 Å². The Kier molecular flexibility index (Phi) is 9.35. The molecule has 33 heavy (non-hydrogen) atoms. The number of carbonyl (C=O) groups is 2. The molecule has 0 bridgehead atoms. The van der Waals surface area contributed by atoms with E-state index in [0.29, 0.717) is 11.3 Å². The van der Waals surface area contributed by atoms with Gasteiger partial charge in [0.2, 0.25) is 10.0 Å². The first kappa shape index (κ1) is 26.7. The Morgan fingerprint density at radius 1 is 1.03 bits per heavy atom. The molecular weight excluding hydrogens is 465 g/mol. The molecule has 2 aliphatic heterocycles. The van der Waals surface area contributed by atoms with Crippen molar-refractivity contribution in [3.63, 3.8) is 0 Å². The summed E-state index contributed by atoms with van der Waals surface area (Å²) in [7, 11) is -3.43. The number of carbonyl (C=O) groups excluding carboxylic acids is 1. The molecule has 1 amide bonds. The van der Waals surface area contributed by atoms with Crippen LogP contribution in [0.15, 0.2) is 18.2 Å². The quantitative estimate of drug-likeness (QED) is 0.587. The van der Waals surface area contributed by atoms with Gasteiger partial charge in [-0.3, -0.25) is 9.52 Å². The number of sulfonamides is 1. The summed E-state index contributed by atoms with van der Waals surface area (Å²) < 4.78 is 58.0. The number of nitrogens with zero attached hydrogens (tertiary/aromatic N) is 2. The van der Waals surface area contributed by atoms with Gasteiger partial charge < -0.3 is 20.2 Å². The van der Waals surface area contributed by atoms with E-state index in [4.69, 9.17) is 9.90 Å². The van der Waals surface area contributed by atoms with Gasteiger partial charge >= 0.3 is 12.1 Å². The van der Waals surface area contributed by atoms with Crippen molar-refractivity contribution in [2.75, 3.05) is 55.1 Å². The SMILES string of the molecule is CS(=O)(=O)Nc1cc(C(=O)N2CCCCCC2)ccc1N1CCNCC1.O=C(O)C(F)(F)F. The van der Waals surface area contributed by atoms with Gasteiger partial charge in [0.15, 0.2) is 0 Å². The van der Waals surface area contributed by atoms with Gasteiger partial charge in [-0.25, -0.2) is 13.2 Å². The van der Waals surface area contributed by atoms with Crippen LogP contribution < -0.4 is 14.9 Å². The van der Waals surface area contributed by atoms with E-state index in [1.165, 1.54) is 0 Å². The normalized spacial score (nSPS) is 17.5. The van der Waals surface area contributed by atoms with E-state index < -0.39 is 22.2 Å². The lowest BCUT2D eigenvalue weighted by atomic mass is 10.1. The lowest BCUT2D eigenvalue weighted by molar-refractivity contribution is -0.192. The van der Waals surface area contributed by atoms with Crippen LogP contribution in [0.3, 0.4) is 0 Å². The molecule has 1 aromatic carbocycles. The smallest absolute Gasteiger partial charge is 0.475 e. The number of alkyl halides is 3. The van der Waals surface area contributed by atoms with Gasteiger partial charge in [-0.2, -0.15) is 13.2 Å². The largest absolute Gasteiger partial charge is 0.490 e. The number of hydrogen-bond donors (Lipinski definition) is 3. The number of anilines is 2. The van der Waals surface area contributed by atoms with Crippen molar-refractivity contribution in [3.05, 3.63) is 23.8 Å².